The summed E-state index contributed by atoms with van der Waals surface area (Å²) in [6.07, 6.45) is 3.72. The van der Waals surface area contributed by atoms with Crippen LogP contribution in [0.3, 0.4) is 0 Å². The van der Waals surface area contributed by atoms with E-state index in [0.717, 1.165) is 43.2 Å². The van der Waals surface area contributed by atoms with E-state index in [-0.39, 0.29) is 24.0 Å². The summed E-state index contributed by atoms with van der Waals surface area (Å²) in [6.45, 7) is 5.53. The Hall–Kier alpha value is -0.340. The molecule has 1 aromatic rings. The van der Waals surface area contributed by atoms with Gasteiger partial charge in [-0.3, -0.25) is 4.99 Å². The molecule has 1 N–H and O–H groups in total. The van der Waals surface area contributed by atoms with Crippen molar-refractivity contribution in [1.29, 1.82) is 0 Å². The monoisotopic (exact) mass is 509 g/mol. The van der Waals surface area contributed by atoms with Crippen LogP contribution in [-0.4, -0.2) is 44.7 Å². The van der Waals surface area contributed by atoms with E-state index in [0.29, 0.717) is 5.41 Å². The Morgan fingerprint density at radius 1 is 1.38 bits per heavy atom. The fourth-order valence-corrected chi connectivity index (χ4v) is 3.14. The van der Waals surface area contributed by atoms with Crippen molar-refractivity contribution < 1.29 is 4.74 Å². The highest BCUT2D eigenvalue weighted by Gasteiger charge is 2.42. The molecule has 0 saturated heterocycles. The highest BCUT2D eigenvalue weighted by Crippen LogP contribution is 2.48. The second-order valence-electron chi connectivity index (χ2n) is 6.30. The van der Waals surface area contributed by atoms with Gasteiger partial charge in [-0.25, -0.2) is 0 Å². The maximum Gasteiger partial charge on any atom is 0.193 e. The van der Waals surface area contributed by atoms with E-state index in [9.17, 15) is 0 Å². The summed E-state index contributed by atoms with van der Waals surface area (Å²) in [5, 5.41) is 3.54. The number of rotatable bonds is 8. The van der Waals surface area contributed by atoms with Gasteiger partial charge in [-0.1, -0.05) is 34.1 Å². The van der Waals surface area contributed by atoms with E-state index in [2.05, 4.69) is 63.3 Å². The summed E-state index contributed by atoms with van der Waals surface area (Å²) in [5.41, 5.74) is 1.68. The van der Waals surface area contributed by atoms with Crippen LogP contribution in [0.25, 0.3) is 0 Å². The van der Waals surface area contributed by atoms with Crippen molar-refractivity contribution in [2.75, 3.05) is 33.9 Å². The zero-order valence-electron chi connectivity index (χ0n) is 14.8. The summed E-state index contributed by atoms with van der Waals surface area (Å²) >= 11 is 3.61. The quantitative estimate of drug-likeness (QED) is 0.246. The predicted octanol–water partition coefficient (Wildman–Crippen LogP) is 4.28. The lowest BCUT2D eigenvalue weighted by atomic mass is 10.0. The van der Waals surface area contributed by atoms with E-state index >= 15 is 0 Å². The number of hydrogen-bond donors (Lipinski definition) is 1. The third-order valence-corrected chi connectivity index (χ3v) is 5.27. The van der Waals surface area contributed by atoms with Gasteiger partial charge in [-0.15, -0.1) is 24.0 Å². The van der Waals surface area contributed by atoms with Gasteiger partial charge in [0.05, 0.1) is 0 Å². The Morgan fingerprint density at radius 3 is 2.67 bits per heavy atom. The number of ether oxygens (including phenoxy) is 1. The lowest BCUT2D eigenvalue weighted by Crippen LogP contribution is -2.41. The van der Waals surface area contributed by atoms with E-state index in [4.69, 9.17) is 4.74 Å². The molecule has 0 aromatic heterocycles. The van der Waals surface area contributed by atoms with Crippen LogP contribution in [-0.2, 0) is 11.3 Å². The molecule has 1 aromatic carbocycles. The van der Waals surface area contributed by atoms with Crippen molar-refractivity contribution in [1.82, 2.24) is 10.2 Å². The number of guanidine groups is 1. The Morgan fingerprint density at radius 2 is 2.08 bits per heavy atom. The number of nitrogens with zero attached hydrogens (tertiary/aromatic N) is 2. The van der Waals surface area contributed by atoms with Gasteiger partial charge >= 0.3 is 0 Å². The molecule has 0 amide bonds. The van der Waals surface area contributed by atoms with Crippen molar-refractivity contribution in [3.05, 3.63) is 34.3 Å². The molecule has 0 unspecified atom stereocenters. The van der Waals surface area contributed by atoms with Crippen molar-refractivity contribution >= 4 is 45.9 Å². The molecule has 4 nitrogen and oxygen atoms in total. The number of aliphatic imine (C=N–C) groups is 1. The van der Waals surface area contributed by atoms with Crippen molar-refractivity contribution in [3.63, 3.8) is 0 Å². The zero-order valence-corrected chi connectivity index (χ0v) is 18.8. The molecule has 0 spiro atoms. The van der Waals surface area contributed by atoms with Crippen LogP contribution >= 0.6 is 39.9 Å². The van der Waals surface area contributed by atoms with Gasteiger partial charge in [0, 0.05) is 44.9 Å². The van der Waals surface area contributed by atoms with Crippen molar-refractivity contribution in [3.8, 4) is 0 Å². The molecule has 0 bridgehead atoms. The van der Waals surface area contributed by atoms with Gasteiger partial charge in [0.2, 0.25) is 0 Å². The van der Waals surface area contributed by atoms with E-state index in [1.54, 1.807) is 0 Å². The molecule has 0 aliphatic heterocycles. The Kier molecular flexibility index (Phi) is 9.59. The van der Waals surface area contributed by atoms with Crippen LogP contribution in [0.1, 0.15) is 31.7 Å². The third-order valence-electron chi connectivity index (χ3n) is 4.50. The SMILES string of the molecule is CCOCCC1(CNC(=NC)N(C)Cc2ccccc2Br)CC1.I. The Labute approximate surface area is 171 Å². The van der Waals surface area contributed by atoms with Crippen LogP contribution in [0.2, 0.25) is 0 Å². The smallest absolute Gasteiger partial charge is 0.193 e. The minimum Gasteiger partial charge on any atom is -0.382 e. The maximum absolute atomic E-state index is 5.51. The van der Waals surface area contributed by atoms with Gasteiger partial charge in [0.15, 0.2) is 5.96 Å². The Balaban J connectivity index is 0.00000288. The second kappa shape index (κ2) is 10.6. The summed E-state index contributed by atoms with van der Waals surface area (Å²) in [6, 6.07) is 8.32. The van der Waals surface area contributed by atoms with Gasteiger partial charge in [-0.2, -0.15) is 0 Å². The molecule has 136 valence electrons. The lowest BCUT2D eigenvalue weighted by Gasteiger charge is -2.25. The highest BCUT2D eigenvalue weighted by molar-refractivity contribution is 14.0. The van der Waals surface area contributed by atoms with Crippen molar-refractivity contribution in [2.45, 2.75) is 32.7 Å². The molecule has 0 heterocycles. The van der Waals surface area contributed by atoms with Gasteiger partial charge in [0.1, 0.15) is 0 Å². The molecule has 1 aliphatic carbocycles. The number of benzene rings is 1. The van der Waals surface area contributed by atoms with E-state index in [1.165, 1.54) is 18.4 Å². The van der Waals surface area contributed by atoms with Gasteiger partial charge in [-0.05, 0) is 43.2 Å². The molecule has 0 radical (unpaired) electrons. The number of nitrogens with one attached hydrogen (secondary N) is 1. The first-order valence-corrected chi connectivity index (χ1v) is 9.12. The average molecular weight is 510 g/mol. The van der Waals surface area contributed by atoms with Crippen LogP contribution in [0.4, 0.5) is 0 Å². The fraction of sp³-hybridized carbons (Fsp3) is 0.611. The van der Waals surface area contributed by atoms with Crippen molar-refractivity contribution in [2.24, 2.45) is 10.4 Å². The maximum atomic E-state index is 5.51. The third kappa shape index (κ3) is 6.52. The molecule has 0 atom stereocenters. The molecular formula is C18H29BrIN3O. The standard InChI is InChI=1S/C18H28BrN3O.HI/c1-4-23-12-11-18(9-10-18)14-21-17(20-2)22(3)13-15-7-5-6-8-16(15)19;/h5-8H,4,9-14H2,1-3H3,(H,20,21);1H. The summed E-state index contributed by atoms with van der Waals surface area (Å²) < 4.78 is 6.65. The molecule has 1 aliphatic rings. The lowest BCUT2D eigenvalue weighted by molar-refractivity contribution is 0.128. The highest BCUT2D eigenvalue weighted by atomic mass is 127. The predicted molar refractivity (Wildman–Crippen MR) is 115 cm³/mol. The van der Waals surface area contributed by atoms with Crippen LogP contribution < -0.4 is 5.32 Å². The zero-order chi connectivity index (χ0) is 16.7. The summed E-state index contributed by atoms with van der Waals surface area (Å²) in [5.74, 6) is 0.948. The van der Waals surface area contributed by atoms with Crippen LogP contribution in [0, 0.1) is 5.41 Å². The first-order chi connectivity index (χ1) is 11.1. The molecule has 1 fully saturated rings. The minimum absolute atomic E-state index is 0. The second-order valence-corrected chi connectivity index (χ2v) is 7.15. The van der Waals surface area contributed by atoms with E-state index < -0.39 is 0 Å². The first-order valence-electron chi connectivity index (χ1n) is 8.33. The molecule has 24 heavy (non-hydrogen) atoms. The first kappa shape index (κ1) is 21.7. The summed E-state index contributed by atoms with van der Waals surface area (Å²) in [7, 11) is 3.92. The van der Waals surface area contributed by atoms with Gasteiger partial charge < -0.3 is 15.0 Å². The fourth-order valence-electron chi connectivity index (χ4n) is 2.73. The normalized spacial score (nSPS) is 15.6. The largest absolute Gasteiger partial charge is 0.382 e. The van der Waals surface area contributed by atoms with Crippen LogP contribution in [0.5, 0.6) is 0 Å². The number of hydrogen-bond acceptors (Lipinski definition) is 2. The van der Waals surface area contributed by atoms with E-state index in [1.807, 2.05) is 13.1 Å². The number of halogens is 2. The Bertz CT molecular complexity index is 535. The molecule has 1 saturated carbocycles. The topological polar surface area (TPSA) is 36.9 Å². The summed E-state index contributed by atoms with van der Waals surface area (Å²) in [4.78, 5) is 6.59. The van der Waals surface area contributed by atoms with Crippen LogP contribution in [0.15, 0.2) is 33.7 Å². The molecule has 2 rings (SSSR count). The molecular weight excluding hydrogens is 481 g/mol. The van der Waals surface area contributed by atoms with Gasteiger partial charge in [0.25, 0.3) is 0 Å². The average Bonchev–Trinajstić information content (AvgIpc) is 3.31. The minimum atomic E-state index is 0. The molecule has 6 heteroatoms.